The maximum atomic E-state index is 11.6. The predicted molar refractivity (Wildman–Crippen MR) is 44.4 cm³/mol. The van der Waals surface area contributed by atoms with Crippen molar-refractivity contribution in [2.45, 2.75) is 19.7 Å². The second-order valence-electron chi connectivity index (χ2n) is 2.73. The van der Waals surface area contributed by atoms with Gasteiger partial charge in [-0.25, -0.2) is 0 Å². The van der Waals surface area contributed by atoms with Gasteiger partial charge in [0.1, 0.15) is 0 Å². The first-order valence-corrected chi connectivity index (χ1v) is 4.38. The van der Waals surface area contributed by atoms with E-state index in [1.54, 1.807) is 0 Å². The molecular weight excluding hydrogens is 233 g/mol. The van der Waals surface area contributed by atoms with E-state index in [4.69, 9.17) is 5.11 Å². The lowest BCUT2D eigenvalue weighted by Crippen LogP contribution is -2.28. The first kappa shape index (κ1) is 14.7. The van der Waals surface area contributed by atoms with Crippen LogP contribution in [0.25, 0.3) is 0 Å². The van der Waals surface area contributed by atoms with Gasteiger partial charge in [-0.2, -0.15) is 0 Å². The molecule has 1 atom stereocenters. The van der Waals surface area contributed by atoms with E-state index in [1.807, 2.05) is 0 Å². The van der Waals surface area contributed by atoms with Crippen molar-refractivity contribution in [3.05, 3.63) is 0 Å². The number of esters is 1. The number of carboxylic acid groups (broad SMARTS) is 1. The fourth-order valence-corrected chi connectivity index (χ4v) is 0.877. The van der Waals surface area contributed by atoms with Gasteiger partial charge in [-0.3, -0.25) is 14.3 Å². The highest BCUT2D eigenvalue weighted by atomic mass is 19.4. The van der Waals surface area contributed by atoms with Crippen LogP contribution in [0.1, 0.15) is 13.3 Å². The molecule has 0 aliphatic rings. The SMILES string of the molecule is CCOC(=O)C(CCOC(F)(F)F)C(=O)O. The molecule has 0 radical (unpaired) electrons. The zero-order chi connectivity index (χ0) is 12.8. The molecule has 0 bridgehead atoms. The van der Waals surface area contributed by atoms with Gasteiger partial charge >= 0.3 is 18.3 Å². The van der Waals surface area contributed by atoms with Gasteiger partial charge in [0.05, 0.1) is 13.2 Å². The standard InChI is InChI=1S/C8H11F3O5/c1-2-15-7(14)5(6(12)13)3-4-16-8(9,10)11/h5H,2-4H2,1H3,(H,12,13). The molecule has 0 aliphatic heterocycles. The largest absolute Gasteiger partial charge is 0.522 e. The summed E-state index contributed by atoms with van der Waals surface area (Å²) < 4.78 is 42.5. The van der Waals surface area contributed by atoms with Crippen molar-refractivity contribution in [3.63, 3.8) is 0 Å². The molecule has 0 saturated heterocycles. The summed E-state index contributed by atoms with van der Waals surface area (Å²) in [6.07, 6.45) is -5.43. The van der Waals surface area contributed by atoms with Gasteiger partial charge in [0.25, 0.3) is 0 Å². The van der Waals surface area contributed by atoms with Crippen LogP contribution in [0.3, 0.4) is 0 Å². The van der Waals surface area contributed by atoms with Crippen LogP contribution >= 0.6 is 0 Å². The topological polar surface area (TPSA) is 72.8 Å². The minimum Gasteiger partial charge on any atom is -0.481 e. The highest BCUT2D eigenvalue weighted by molar-refractivity contribution is 5.93. The lowest BCUT2D eigenvalue weighted by atomic mass is 10.1. The Morgan fingerprint density at radius 3 is 2.31 bits per heavy atom. The lowest BCUT2D eigenvalue weighted by molar-refractivity contribution is -0.325. The number of carbonyl (C=O) groups is 2. The van der Waals surface area contributed by atoms with Gasteiger partial charge < -0.3 is 9.84 Å². The van der Waals surface area contributed by atoms with Gasteiger partial charge in [0, 0.05) is 0 Å². The molecule has 0 rings (SSSR count). The Morgan fingerprint density at radius 2 is 1.94 bits per heavy atom. The van der Waals surface area contributed by atoms with Gasteiger partial charge in [0.2, 0.25) is 0 Å². The van der Waals surface area contributed by atoms with E-state index in [1.165, 1.54) is 6.92 Å². The van der Waals surface area contributed by atoms with E-state index < -0.39 is 37.2 Å². The number of hydrogen-bond acceptors (Lipinski definition) is 4. The number of halogens is 3. The Balaban J connectivity index is 4.15. The Kier molecular flexibility index (Phi) is 5.79. The van der Waals surface area contributed by atoms with Crippen LogP contribution in [0, 0.1) is 5.92 Å². The van der Waals surface area contributed by atoms with Crippen molar-refractivity contribution >= 4 is 11.9 Å². The number of alkyl halides is 3. The van der Waals surface area contributed by atoms with Crippen molar-refractivity contribution < 1.29 is 37.3 Å². The maximum absolute atomic E-state index is 11.6. The number of aliphatic carboxylic acids is 1. The molecule has 0 aliphatic carbocycles. The van der Waals surface area contributed by atoms with E-state index in [9.17, 15) is 22.8 Å². The fraction of sp³-hybridized carbons (Fsp3) is 0.750. The number of ether oxygens (including phenoxy) is 2. The molecule has 0 aromatic heterocycles. The van der Waals surface area contributed by atoms with Crippen LogP contribution in [0.15, 0.2) is 0 Å². The molecule has 0 aromatic rings. The Morgan fingerprint density at radius 1 is 1.38 bits per heavy atom. The predicted octanol–water partition coefficient (Wildman–Crippen LogP) is 1.18. The smallest absolute Gasteiger partial charge is 0.481 e. The summed E-state index contributed by atoms with van der Waals surface area (Å²) in [7, 11) is 0. The number of carbonyl (C=O) groups excluding carboxylic acids is 1. The van der Waals surface area contributed by atoms with E-state index in [0.29, 0.717) is 0 Å². The fourth-order valence-electron chi connectivity index (χ4n) is 0.877. The Labute approximate surface area is 89.1 Å². The summed E-state index contributed by atoms with van der Waals surface area (Å²) in [6, 6.07) is 0. The molecule has 8 heteroatoms. The minimum absolute atomic E-state index is 0.0389. The van der Waals surface area contributed by atoms with Gasteiger partial charge in [-0.1, -0.05) is 0 Å². The van der Waals surface area contributed by atoms with E-state index in [-0.39, 0.29) is 6.61 Å². The van der Waals surface area contributed by atoms with Crippen LogP contribution in [0.5, 0.6) is 0 Å². The molecule has 0 spiro atoms. The van der Waals surface area contributed by atoms with Gasteiger partial charge in [-0.15, -0.1) is 13.2 Å². The summed E-state index contributed by atoms with van der Waals surface area (Å²) in [6.45, 7) is 0.519. The first-order chi connectivity index (χ1) is 7.28. The molecule has 5 nitrogen and oxygen atoms in total. The summed E-state index contributed by atoms with van der Waals surface area (Å²) in [5, 5.41) is 8.56. The third-order valence-corrected chi connectivity index (χ3v) is 1.54. The highest BCUT2D eigenvalue weighted by Gasteiger charge is 2.32. The number of rotatable bonds is 6. The molecule has 0 amide bonds. The average Bonchev–Trinajstić information content (AvgIpc) is 2.10. The molecule has 0 aromatic carbocycles. The average molecular weight is 244 g/mol. The van der Waals surface area contributed by atoms with Gasteiger partial charge in [-0.05, 0) is 13.3 Å². The van der Waals surface area contributed by atoms with E-state index >= 15 is 0 Å². The number of carboxylic acids is 1. The molecular formula is C8H11F3O5. The zero-order valence-electron chi connectivity index (χ0n) is 8.41. The third kappa shape index (κ3) is 6.23. The van der Waals surface area contributed by atoms with Crippen molar-refractivity contribution in [1.29, 1.82) is 0 Å². The lowest BCUT2D eigenvalue weighted by Gasteiger charge is -2.12. The normalized spacial score (nSPS) is 13.2. The van der Waals surface area contributed by atoms with Crippen LogP contribution < -0.4 is 0 Å². The Hall–Kier alpha value is -1.31. The Bertz CT molecular complexity index is 251. The summed E-state index contributed by atoms with van der Waals surface area (Å²) in [4.78, 5) is 21.5. The van der Waals surface area contributed by atoms with E-state index in [2.05, 4.69) is 9.47 Å². The number of hydrogen-bond donors (Lipinski definition) is 1. The van der Waals surface area contributed by atoms with Crippen molar-refractivity contribution in [3.8, 4) is 0 Å². The molecule has 94 valence electrons. The maximum Gasteiger partial charge on any atom is 0.522 e. The van der Waals surface area contributed by atoms with Gasteiger partial charge in [0.15, 0.2) is 5.92 Å². The summed E-state index contributed by atoms with van der Waals surface area (Å²) in [5.41, 5.74) is 0. The van der Waals surface area contributed by atoms with Crippen molar-refractivity contribution in [2.75, 3.05) is 13.2 Å². The molecule has 16 heavy (non-hydrogen) atoms. The van der Waals surface area contributed by atoms with Crippen LogP contribution in [-0.4, -0.2) is 36.6 Å². The molecule has 1 unspecified atom stereocenters. The first-order valence-electron chi connectivity index (χ1n) is 4.38. The molecule has 1 N–H and O–H groups in total. The quantitative estimate of drug-likeness (QED) is 0.561. The molecule has 0 fully saturated rings. The summed E-state index contributed by atoms with van der Waals surface area (Å²) in [5.74, 6) is -4.24. The van der Waals surface area contributed by atoms with Crippen LogP contribution in [0.2, 0.25) is 0 Å². The summed E-state index contributed by atoms with van der Waals surface area (Å²) >= 11 is 0. The molecule has 0 heterocycles. The van der Waals surface area contributed by atoms with Crippen LogP contribution in [0.4, 0.5) is 13.2 Å². The minimum atomic E-state index is -4.84. The second kappa shape index (κ2) is 6.31. The highest BCUT2D eigenvalue weighted by Crippen LogP contribution is 2.18. The van der Waals surface area contributed by atoms with E-state index in [0.717, 1.165) is 0 Å². The van der Waals surface area contributed by atoms with Crippen molar-refractivity contribution in [2.24, 2.45) is 5.92 Å². The second-order valence-corrected chi connectivity index (χ2v) is 2.73. The zero-order valence-corrected chi connectivity index (χ0v) is 8.41. The third-order valence-electron chi connectivity index (χ3n) is 1.54. The molecule has 0 saturated carbocycles. The van der Waals surface area contributed by atoms with Crippen LogP contribution in [-0.2, 0) is 19.1 Å². The monoisotopic (exact) mass is 244 g/mol. The van der Waals surface area contributed by atoms with Crippen molar-refractivity contribution in [1.82, 2.24) is 0 Å².